The van der Waals surface area contributed by atoms with Gasteiger partial charge < -0.3 is 14.5 Å². The van der Waals surface area contributed by atoms with Gasteiger partial charge in [0.05, 0.1) is 0 Å². The number of halogens is 1. The van der Waals surface area contributed by atoms with E-state index in [4.69, 9.17) is 9.72 Å². The summed E-state index contributed by atoms with van der Waals surface area (Å²) in [5.74, 6) is 0.225. The van der Waals surface area contributed by atoms with Gasteiger partial charge in [0.1, 0.15) is 17.1 Å². The van der Waals surface area contributed by atoms with E-state index in [1.165, 1.54) is 17.7 Å². The van der Waals surface area contributed by atoms with E-state index < -0.39 is 5.60 Å². The van der Waals surface area contributed by atoms with E-state index in [0.717, 1.165) is 49.8 Å². The van der Waals surface area contributed by atoms with Crippen LogP contribution in [-0.2, 0) is 11.2 Å². The van der Waals surface area contributed by atoms with E-state index in [1.807, 2.05) is 31.7 Å². The van der Waals surface area contributed by atoms with Gasteiger partial charge in [-0.05, 0) is 94.5 Å². The van der Waals surface area contributed by atoms with Crippen LogP contribution in [0, 0.1) is 5.82 Å². The Morgan fingerprint density at radius 1 is 1.03 bits per heavy atom. The molecule has 36 heavy (non-hydrogen) atoms. The highest BCUT2D eigenvalue weighted by molar-refractivity contribution is 5.93. The lowest BCUT2D eigenvalue weighted by atomic mass is 9.85. The van der Waals surface area contributed by atoms with Gasteiger partial charge in [0.2, 0.25) is 0 Å². The van der Waals surface area contributed by atoms with E-state index in [-0.39, 0.29) is 23.4 Å². The van der Waals surface area contributed by atoms with Gasteiger partial charge in [-0.25, -0.2) is 14.2 Å². The van der Waals surface area contributed by atoms with Gasteiger partial charge >= 0.3 is 6.09 Å². The fraction of sp³-hybridized carbons (Fsp3) is 0.552. The van der Waals surface area contributed by atoms with E-state index in [2.05, 4.69) is 6.07 Å². The van der Waals surface area contributed by atoms with Gasteiger partial charge in [0.15, 0.2) is 0 Å². The van der Waals surface area contributed by atoms with Crippen LogP contribution < -0.4 is 0 Å². The number of likely N-dealkylation sites (tertiary alicyclic amines) is 2. The fourth-order valence-corrected chi connectivity index (χ4v) is 5.68. The lowest BCUT2D eigenvalue weighted by Crippen LogP contribution is -2.55. The Morgan fingerprint density at radius 3 is 2.36 bits per heavy atom. The average Bonchev–Trinajstić information content (AvgIpc) is 3.60. The van der Waals surface area contributed by atoms with Crippen molar-refractivity contribution in [2.75, 3.05) is 19.6 Å². The van der Waals surface area contributed by atoms with Crippen LogP contribution in [0.2, 0.25) is 0 Å². The van der Waals surface area contributed by atoms with Crippen molar-refractivity contribution in [2.24, 2.45) is 0 Å². The van der Waals surface area contributed by atoms with Gasteiger partial charge in [0.25, 0.3) is 5.91 Å². The number of hydrogen-bond donors (Lipinski definition) is 0. The standard InChI is InChI=1S/C29H36FN3O3/c1-28(2,3)36-27(35)32-17-14-29(15-18-32)13-4-16-33(29)26(34)24-12-11-23(21-7-8-21)25(31-24)19-20-5-9-22(30)10-6-20/h5-6,9-12,21H,4,7-8,13-19H2,1-3H3. The Balaban J connectivity index is 1.33. The normalized spacial score (nSPS) is 19.6. The second-order valence-electron chi connectivity index (χ2n) is 11.6. The molecule has 0 atom stereocenters. The number of aromatic nitrogens is 1. The SMILES string of the molecule is CC(C)(C)OC(=O)N1CCC2(CCCN2C(=O)c2ccc(C3CC3)c(Cc3ccc(F)cc3)n2)CC1. The van der Waals surface area contributed by atoms with Gasteiger partial charge in [0, 0.05) is 37.3 Å². The van der Waals surface area contributed by atoms with E-state index in [0.29, 0.717) is 37.7 Å². The number of ether oxygens (including phenoxy) is 1. The van der Waals surface area contributed by atoms with Crippen molar-refractivity contribution in [3.63, 3.8) is 0 Å². The largest absolute Gasteiger partial charge is 0.444 e. The molecule has 6 nitrogen and oxygen atoms in total. The number of nitrogens with zero attached hydrogens (tertiary/aromatic N) is 3. The van der Waals surface area contributed by atoms with Crippen LogP contribution in [0.4, 0.5) is 9.18 Å². The van der Waals surface area contributed by atoms with Crippen molar-refractivity contribution in [3.8, 4) is 0 Å². The van der Waals surface area contributed by atoms with Crippen LogP contribution in [0.15, 0.2) is 36.4 Å². The molecule has 7 heteroatoms. The zero-order valence-electron chi connectivity index (χ0n) is 21.6. The minimum atomic E-state index is -0.522. The van der Waals surface area contributed by atoms with Crippen molar-refractivity contribution < 1.29 is 18.7 Å². The van der Waals surface area contributed by atoms with Crippen LogP contribution in [0.5, 0.6) is 0 Å². The molecule has 5 rings (SSSR count). The number of rotatable bonds is 4. The molecule has 2 aromatic rings. The molecule has 0 unspecified atom stereocenters. The van der Waals surface area contributed by atoms with Gasteiger partial charge in [-0.3, -0.25) is 4.79 Å². The molecule has 1 aromatic heterocycles. The smallest absolute Gasteiger partial charge is 0.410 e. The summed E-state index contributed by atoms with van der Waals surface area (Å²) in [6.45, 7) is 7.51. The van der Waals surface area contributed by atoms with E-state index in [9.17, 15) is 14.0 Å². The summed E-state index contributed by atoms with van der Waals surface area (Å²) in [5.41, 5.74) is 2.84. The molecule has 0 radical (unpaired) electrons. The first-order valence-corrected chi connectivity index (χ1v) is 13.2. The maximum atomic E-state index is 13.8. The van der Waals surface area contributed by atoms with Crippen LogP contribution in [0.1, 0.15) is 92.5 Å². The molecule has 2 aliphatic heterocycles. The summed E-state index contributed by atoms with van der Waals surface area (Å²) in [4.78, 5) is 35.0. The van der Waals surface area contributed by atoms with E-state index in [1.54, 1.807) is 17.0 Å². The van der Waals surface area contributed by atoms with Crippen LogP contribution >= 0.6 is 0 Å². The number of carbonyl (C=O) groups excluding carboxylic acids is 2. The van der Waals surface area contributed by atoms with Crippen molar-refractivity contribution in [2.45, 2.75) is 82.8 Å². The molecule has 1 aromatic carbocycles. The number of hydrogen-bond acceptors (Lipinski definition) is 4. The molecule has 3 heterocycles. The molecule has 0 bridgehead atoms. The molecule has 2 amide bonds. The second-order valence-corrected chi connectivity index (χ2v) is 11.6. The first kappa shape index (κ1) is 24.7. The summed E-state index contributed by atoms with van der Waals surface area (Å²) in [6, 6.07) is 10.5. The first-order chi connectivity index (χ1) is 17.1. The monoisotopic (exact) mass is 493 g/mol. The zero-order chi connectivity index (χ0) is 25.5. The fourth-order valence-electron chi connectivity index (χ4n) is 5.68. The third-order valence-corrected chi connectivity index (χ3v) is 7.72. The lowest BCUT2D eigenvalue weighted by molar-refractivity contribution is 0.00452. The molecule has 1 spiro atoms. The Labute approximate surface area is 212 Å². The van der Waals surface area contributed by atoms with E-state index >= 15 is 0 Å². The van der Waals surface area contributed by atoms with Crippen LogP contribution in [0.3, 0.4) is 0 Å². The van der Waals surface area contributed by atoms with Gasteiger partial charge in [-0.15, -0.1) is 0 Å². The quantitative estimate of drug-likeness (QED) is 0.549. The zero-order valence-corrected chi connectivity index (χ0v) is 21.6. The molecule has 0 N–H and O–H groups in total. The predicted molar refractivity (Wildman–Crippen MR) is 135 cm³/mol. The predicted octanol–water partition coefficient (Wildman–Crippen LogP) is 5.69. The minimum Gasteiger partial charge on any atom is -0.444 e. The molecule has 1 aliphatic carbocycles. The second kappa shape index (κ2) is 9.49. The third-order valence-electron chi connectivity index (χ3n) is 7.72. The summed E-state index contributed by atoms with van der Waals surface area (Å²) in [5, 5.41) is 0. The Kier molecular flexibility index (Phi) is 6.52. The Bertz CT molecular complexity index is 1130. The van der Waals surface area contributed by atoms with Crippen molar-refractivity contribution in [3.05, 3.63) is 64.7 Å². The summed E-state index contributed by atoms with van der Waals surface area (Å²) in [7, 11) is 0. The van der Waals surface area contributed by atoms with Crippen molar-refractivity contribution >= 4 is 12.0 Å². The van der Waals surface area contributed by atoms with Crippen molar-refractivity contribution in [1.29, 1.82) is 0 Å². The number of piperidine rings is 1. The van der Waals surface area contributed by atoms with Crippen LogP contribution in [-0.4, -0.2) is 57.6 Å². The topological polar surface area (TPSA) is 62.7 Å². The maximum absolute atomic E-state index is 13.8. The molecule has 3 aliphatic rings. The Morgan fingerprint density at radius 2 is 1.72 bits per heavy atom. The molecule has 192 valence electrons. The van der Waals surface area contributed by atoms with Gasteiger partial charge in [-0.1, -0.05) is 18.2 Å². The summed E-state index contributed by atoms with van der Waals surface area (Å²) >= 11 is 0. The molecular formula is C29H36FN3O3. The number of benzene rings is 1. The summed E-state index contributed by atoms with van der Waals surface area (Å²) in [6.07, 6.45) is 6.01. The third kappa shape index (κ3) is 5.25. The van der Waals surface area contributed by atoms with Crippen molar-refractivity contribution in [1.82, 2.24) is 14.8 Å². The number of pyridine rings is 1. The highest BCUT2D eigenvalue weighted by Gasteiger charge is 2.47. The average molecular weight is 494 g/mol. The highest BCUT2D eigenvalue weighted by atomic mass is 19.1. The molecule has 1 saturated carbocycles. The maximum Gasteiger partial charge on any atom is 0.410 e. The van der Waals surface area contributed by atoms with Gasteiger partial charge in [-0.2, -0.15) is 0 Å². The first-order valence-electron chi connectivity index (χ1n) is 13.2. The highest BCUT2D eigenvalue weighted by Crippen LogP contribution is 2.43. The minimum absolute atomic E-state index is 0.0269. The molecular weight excluding hydrogens is 457 g/mol. The number of amides is 2. The molecule has 2 saturated heterocycles. The summed E-state index contributed by atoms with van der Waals surface area (Å²) < 4.78 is 19.0. The molecule has 3 fully saturated rings. The number of carbonyl (C=O) groups is 2. The van der Waals surface area contributed by atoms with Crippen LogP contribution in [0.25, 0.3) is 0 Å². The lowest BCUT2D eigenvalue weighted by Gasteiger charge is -2.45. The Hall–Kier alpha value is -2.96.